The third-order valence-electron chi connectivity index (χ3n) is 3.46. The van der Waals surface area contributed by atoms with Gasteiger partial charge in [-0.05, 0) is 55.0 Å². The van der Waals surface area contributed by atoms with E-state index in [0.717, 1.165) is 5.56 Å². The molecule has 2 rings (SSSR count). The van der Waals surface area contributed by atoms with Crippen molar-refractivity contribution in [1.29, 1.82) is 0 Å². The van der Waals surface area contributed by atoms with Crippen molar-refractivity contribution in [2.75, 3.05) is 22.1 Å². The van der Waals surface area contributed by atoms with Crippen molar-refractivity contribution < 1.29 is 14.4 Å². The van der Waals surface area contributed by atoms with Crippen molar-refractivity contribution in [2.24, 2.45) is 0 Å². The number of ketones is 1. The third kappa shape index (κ3) is 6.20. The number of benzene rings is 2. The standard InChI is InChI=1S/C19H19ClN2O3S/c1-12-9-15(20)5-8-17(12)22-19(25)11-26-10-18(24)14-3-6-16(7-4-14)21-13(2)23/h3-9H,10-11H2,1-2H3,(H,21,23)(H,22,25). The van der Waals surface area contributed by atoms with Gasteiger partial charge in [0.05, 0.1) is 11.5 Å². The first-order valence-electron chi connectivity index (χ1n) is 7.90. The quantitative estimate of drug-likeness (QED) is 0.696. The summed E-state index contributed by atoms with van der Waals surface area (Å²) in [5.41, 5.74) is 2.77. The second kappa shape index (κ2) is 9.40. The van der Waals surface area contributed by atoms with Crippen molar-refractivity contribution in [3.8, 4) is 0 Å². The fraction of sp³-hybridized carbons (Fsp3) is 0.211. The van der Waals surface area contributed by atoms with Crippen molar-refractivity contribution in [3.63, 3.8) is 0 Å². The number of Topliss-reactive ketones (excluding diaryl/α,β-unsaturated/α-hetero) is 1. The monoisotopic (exact) mass is 390 g/mol. The van der Waals surface area contributed by atoms with Gasteiger partial charge in [0.25, 0.3) is 0 Å². The van der Waals surface area contributed by atoms with Gasteiger partial charge in [-0.25, -0.2) is 0 Å². The number of aryl methyl sites for hydroxylation is 1. The number of hydrogen-bond acceptors (Lipinski definition) is 4. The van der Waals surface area contributed by atoms with Crippen molar-refractivity contribution in [1.82, 2.24) is 0 Å². The summed E-state index contributed by atoms with van der Waals surface area (Å²) in [5, 5.41) is 6.07. The predicted octanol–water partition coefficient (Wildman–Crippen LogP) is 4.16. The zero-order valence-corrected chi connectivity index (χ0v) is 16.0. The molecule has 0 aromatic heterocycles. The van der Waals surface area contributed by atoms with Gasteiger partial charge in [-0.1, -0.05) is 11.6 Å². The largest absolute Gasteiger partial charge is 0.326 e. The summed E-state index contributed by atoms with van der Waals surface area (Å²) in [5.74, 6) is -0.0276. The van der Waals surface area contributed by atoms with Crippen LogP contribution in [0, 0.1) is 6.92 Å². The average molecular weight is 391 g/mol. The zero-order chi connectivity index (χ0) is 19.1. The molecular weight excluding hydrogens is 372 g/mol. The minimum absolute atomic E-state index is 0.0696. The third-order valence-corrected chi connectivity index (χ3v) is 4.62. The molecule has 2 aromatic carbocycles. The van der Waals surface area contributed by atoms with Crippen molar-refractivity contribution in [2.45, 2.75) is 13.8 Å². The molecule has 0 radical (unpaired) electrons. The maximum Gasteiger partial charge on any atom is 0.234 e. The lowest BCUT2D eigenvalue weighted by Gasteiger charge is -2.08. The van der Waals surface area contributed by atoms with E-state index in [1.165, 1.54) is 18.7 Å². The smallest absolute Gasteiger partial charge is 0.234 e. The van der Waals surface area contributed by atoms with Gasteiger partial charge in [0.2, 0.25) is 11.8 Å². The predicted molar refractivity (Wildman–Crippen MR) is 107 cm³/mol. The maximum atomic E-state index is 12.2. The molecule has 0 spiro atoms. The van der Waals surface area contributed by atoms with Gasteiger partial charge in [-0.3, -0.25) is 14.4 Å². The van der Waals surface area contributed by atoms with E-state index >= 15 is 0 Å². The number of amides is 2. The molecule has 0 saturated carbocycles. The lowest BCUT2D eigenvalue weighted by molar-refractivity contribution is -0.114. The number of nitrogens with one attached hydrogen (secondary N) is 2. The van der Waals surface area contributed by atoms with Crippen LogP contribution in [0.1, 0.15) is 22.8 Å². The molecular formula is C19H19ClN2O3S. The van der Waals surface area contributed by atoms with E-state index in [9.17, 15) is 14.4 Å². The molecule has 136 valence electrons. The summed E-state index contributed by atoms with van der Waals surface area (Å²) in [7, 11) is 0. The highest BCUT2D eigenvalue weighted by atomic mass is 35.5. The van der Waals surface area contributed by atoms with Gasteiger partial charge in [0.15, 0.2) is 5.78 Å². The SMILES string of the molecule is CC(=O)Nc1ccc(C(=O)CSCC(=O)Nc2ccc(Cl)cc2C)cc1. The van der Waals surface area contributed by atoms with Gasteiger partial charge in [0, 0.05) is 28.9 Å². The molecule has 0 fully saturated rings. The Morgan fingerprint density at radius 1 is 1.00 bits per heavy atom. The van der Waals surface area contributed by atoms with Crippen LogP contribution in [0.4, 0.5) is 11.4 Å². The molecule has 5 nitrogen and oxygen atoms in total. The van der Waals surface area contributed by atoms with E-state index < -0.39 is 0 Å². The Morgan fingerprint density at radius 2 is 1.69 bits per heavy atom. The summed E-state index contributed by atoms with van der Waals surface area (Å²) in [6, 6.07) is 11.9. The highest BCUT2D eigenvalue weighted by Crippen LogP contribution is 2.20. The van der Waals surface area contributed by atoms with Gasteiger partial charge in [-0.2, -0.15) is 0 Å². The first-order chi connectivity index (χ1) is 12.3. The second-order valence-electron chi connectivity index (χ2n) is 5.68. The lowest BCUT2D eigenvalue weighted by Crippen LogP contribution is -2.16. The fourth-order valence-corrected chi connectivity index (χ4v) is 3.15. The van der Waals surface area contributed by atoms with Crippen LogP contribution in [0.5, 0.6) is 0 Å². The van der Waals surface area contributed by atoms with Crippen LogP contribution in [0.15, 0.2) is 42.5 Å². The van der Waals surface area contributed by atoms with Gasteiger partial charge < -0.3 is 10.6 Å². The van der Waals surface area contributed by atoms with Crippen LogP contribution < -0.4 is 10.6 Å². The Kier molecular flexibility index (Phi) is 7.24. The molecule has 0 atom stereocenters. The minimum atomic E-state index is -0.172. The minimum Gasteiger partial charge on any atom is -0.326 e. The van der Waals surface area contributed by atoms with Crippen molar-refractivity contribution >= 4 is 52.3 Å². The first kappa shape index (κ1) is 20.0. The average Bonchev–Trinajstić information content (AvgIpc) is 2.57. The second-order valence-corrected chi connectivity index (χ2v) is 7.10. The van der Waals surface area contributed by atoms with E-state index in [-0.39, 0.29) is 29.1 Å². The van der Waals surface area contributed by atoms with E-state index in [1.807, 2.05) is 6.92 Å². The highest BCUT2D eigenvalue weighted by molar-refractivity contribution is 8.00. The van der Waals surface area contributed by atoms with Crippen LogP contribution in [0.3, 0.4) is 0 Å². The molecule has 2 aromatic rings. The van der Waals surface area contributed by atoms with Gasteiger partial charge in [-0.15, -0.1) is 11.8 Å². The molecule has 0 heterocycles. The number of halogens is 1. The van der Waals surface area contributed by atoms with Crippen LogP contribution in [-0.4, -0.2) is 29.1 Å². The summed E-state index contributed by atoms with van der Waals surface area (Å²) < 4.78 is 0. The first-order valence-corrected chi connectivity index (χ1v) is 9.43. The van der Waals surface area contributed by atoms with Crippen molar-refractivity contribution in [3.05, 3.63) is 58.6 Å². The number of rotatable bonds is 7. The summed E-state index contributed by atoms with van der Waals surface area (Å²) >= 11 is 7.14. The lowest BCUT2D eigenvalue weighted by atomic mass is 10.1. The molecule has 7 heteroatoms. The molecule has 0 bridgehead atoms. The zero-order valence-electron chi connectivity index (χ0n) is 14.5. The maximum absolute atomic E-state index is 12.2. The number of thioether (sulfide) groups is 1. The Morgan fingerprint density at radius 3 is 2.31 bits per heavy atom. The Hall–Kier alpha value is -2.31. The van der Waals surface area contributed by atoms with E-state index in [0.29, 0.717) is 22.0 Å². The Balaban J connectivity index is 1.80. The molecule has 2 amide bonds. The fourth-order valence-electron chi connectivity index (χ4n) is 2.22. The van der Waals surface area contributed by atoms with Crippen LogP contribution in [0.25, 0.3) is 0 Å². The molecule has 0 aliphatic heterocycles. The van der Waals surface area contributed by atoms with E-state index in [1.54, 1.807) is 42.5 Å². The van der Waals surface area contributed by atoms with Gasteiger partial charge >= 0.3 is 0 Å². The highest BCUT2D eigenvalue weighted by Gasteiger charge is 2.10. The molecule has 26 heavy (non-hydrogen) atoms. The van der Waals surface area contributed by atoms with Crippen LogP contribution in [-0.2, 0) is 9.59 Å². The summed E-state index contributed by atoms with van der Waals surface area (Å²) in [4.78, 5) is 35.1. The normalized spacial score (nSPS) is 10.3. The molecule has 0 unspecified atom stereocenters. The Labute approximate surface area is 161 Å². The summed E-state index contributed by atoms with van der Waals surface area (Å²) in [6.45, 7) is 3.29. The van der Waals surface area contributed by atoms with Gasteiger partial charge in [0.1, 0.15) is 0 Å². The molecule has 0 saturated heterocycles. The molecule has 0 aliphatic carbocycles. The van der Waals surface area contributed by atoms with E-state index in [4.69, 9.17) is 11.6 Å². The van der Waals surface area contributed by atoms with Crippen LogP contribution in [0.2, 0.25) is 5.02 Å². The van der Waals surface area contributed by atoms with E-state index in [2.05, 4.69) is 10.6 Å². The molecule has 0 aliphatic rings. The topological polar surface area (TPSA) is 75.3 Å². The number of carbonyl (C=O) groups excluding carboxylic acids is 3. The number of hydrogen-bond donors (Lipinski definition) is 2. The summed E-state index contributed by atoms with van der Waals surface area (Å²) in [6.07, 6.45) is 0. The Bertz CT molecular complexity index is 822. The number of anilines is 2. The van der Waals surface area contributed by atoms with Crippen LogP contribution >= 0.6 is 23.4 Å². The number of carbonyl (C=O) groups is 3. The molecule has 2 N–H and O–H groups in total.